The summed E-state index contributed by atoms with van der Waals surface area (Å²) in [5.74, 6) is -1.27. The molecule has 0 saturated carbocycles. The van der Waals surface area contributed by atoms with E-state index in [0.717, 1.165) is 6.42 Å². The molecule has 0 fully saturated rings. The minimum Gasteiger partial charge on any atom is -0.480 e. The molecule has 0 aliphatic rings. The SMILES string of the molecule is CCCC(Nc1ccc(F)c(Br)c1)C(=O)O. The molecule has 0 heterocycles. The predicted octanol–water partition coefficient (Wildman–Crippen LogP) is 3.25. The first-order chi connectivity index (χ1) is 7.54. The Morgan fingerprint density at radius 3 is 2.81 bits per heavy atom. The van der Waals surface area contributed by atoms with Gasteiger partial charge in [0.05, 0.1) is 4.47 Å². The summed E-state index contributed by atoms with van der Waals surface area (Å²) in [4.78, 5) is 10.9. The van der Waals surface area contributed by atoms with Gasteiger partial charge >= 0.3 is 5.97 Å². The van der Waals surface area contributed by atoms with Crippen molar-refractivity contribution in [3.05, 3.63) is 28.5 Å². The summed E-state index contributed by atoms with van der Waals surface area (Å²) in [6.07, 6.45) is 1.30. The van der Waals surface area contributed by atoms with Crippen LogP contribution in [0.4, 0.5) is 10.1 Å². The van der Waals surface area contributed by atoms with Gasteiger partial charge in [-0.25, -0.2) is 9.18 Å². The minimum atomic E-state index is -0.901. The van der Waals surface area contributed by atoms with Crippen molar-refractivity contribution in [3.63, 3.8) is 0 Å². The molecule has 0 radical (unpaired) electrons. The van der Waals surface area contributed by atoms with Gasteiger partial charge in [-0.2, -0.15) is 0 Å². The molecular formula is C11H13BrFNO2. The van der Waals surface area contributed by atoms with E-state index in [-0.39, 0.29) is 5.82 Å². The Kier molecular flexibility index (Phi) is 4.73. The highest BCUT2D eigenvalue weighted by atomic mass is 79.9. The summed E-state index contributed by atoms with van der Waals surface area (Å²) in [5, 5.41) is 11.8. The highest BCUT2D eigenvalue weighted by Gasteiger charge is 2.15. The molecular weight excluding hydrogens is 277 g/mol. The van der Waals surface area contributed by atoms with Crippen LogP contribution in [0.5, 0.6) is 0 Å². The van der Waals surface area contributed by atoms with Crippen molar-refractivity contribution in [2.24, 2.45) is 0 Å². The Balaban J connectivity index is 2.77. The van der Waals surface area contributed by atoms with E-state index in [2.05, 4.69) is 21.2 Å². The van der Waals surface area contributed by atoms with Crippen molar-refractivity contribution in [2.75, 3.05) is 5.32 Å². The van der Waals surface area contributed by atoms with E-state index in [1.54, 1.807) is 0 Å². The van der Waals surface area contributed by atoms with Crippen LogP contribution in [0.3, 0.4) is 0 Å². The fraction of sp³-hybridized carbons (Fsp3) is 0.364. The summed E-state index contributed by atoms with van der Waals surface area (Å²) < 4.78 is 13.3. The maximum atomic E-state index is 13.0. The van der Waals surface area contributed by atoms with Gasteiger partial charge in [0.25, 0.3) is 0 Å². The summed E-state index contributed by atoms with van der Waals surface area (Å²) in [5.41, 5.74) is 0.592. The van der Waals surface area contributed by atoms with Gasteiger partial charge in [-0.05, 0) is 40.5 Å². The zero-order valence-corrected chi connectivity index (χ0v) is 10.4. The van der Waals surface area contributed by atoms with Gasteiger partial charge in [0.1, 0.15) is 11.9 Å². The van der Waals surface area contributed by atoms with Crippen LogP contribution in [-0.4, -0.2) is 17.1 Å². The number of carboxylic acid groups (broad SMARTS) is 1. The molecule has 0 amide bonds. The van der Waals surface area contributed by atoms with Gasteiger partial charge in [0, 0.05) is 5.69 Å². The molecule has 0 spiro atoms. The van der Waals surface area contributed by atoms with Crippen molar-refractivity contribution < 1.29 is 14.3 Å². The van der Waals surface area contributed by atoms with E-state index in [0.29, 0.717) is 16.6 Å². The van der Waals surface area contributed by atoms with Crippen molar-refractivity contribution in [2.45, 2.75) is 25.8 Å². The predicted molar refractivity (Wildman–Crippen MR) is 64.1 cm³/mol. The molecule has 0 aliphatic heterocycles. The summed E-state index contributed by atoms with van der Waals surface area (Å²) in [6, 6.07) is 3.70. The third-order valence-electron chi connectivity index (χ3n) is 2.14. The monoisotopic (exact) mass is 289 g/mol. The number of carboxylic acids is 1. The normalized spacial score (nSPS) is 12.2. The third-order valence-corrected chi connectivity index (χ3v) is 2.74. The lowest BCUT2D eigenvalue weighted by Crippen LogP contribution is -2.28. The molecule has 1 rings (SSSR count). The van der Waals surface area contributed by atoms with E-state index in [9.17, 15) is 9.18 Å². The molecule has 0 bridgehead atoms. The second kappa shape index (κ2) is 5.84. The number of halogens is 2. The topological polar surface area (TPSA) is 49.3 Å². The largest absolute Gasteiger partial charge is 0.480 e. The molecule has 1 unspecified atom stereocenters. The summed E-state index contributed by atoms with van der Waals surface area (Å²) >= 11 is 3.05. The van der Waals surface area contributed by atoms with E-state index < -0.39 is 12.0 Å². The quantitative estimate of drug-likeness (QED) is 0.875. The Morgan fingerprint density at radius 2 is 2.31 bits per heavy atom. The van der Waals surface area contributed by atoms with Crippen LogP contribution in [0.1, 0.15) is 19.8 Å². The molecule has 3 nitrogen and oxygen atoms in total. The van der Waals surface area contributed by atoms with Crippen molar-refractivity contribution >= 4 is 27.6 Å². The van der Waals surface area contributed by atoms with Gasteiger partial charge in [-0.15, -0.1) is 0 Å². The molecule has 1 aromatic carbocycles. The number of hydrogen-bond donors (Lipinski definition) is 2. The molecule has 0 saturated heterocycles. The van der Waals surface area contributed by atoms with Crippen molar-refractivity contribution in [1.29, 1.82) is 0 Å². The number of hydrogen-bond acceptors (Lipinski definition) is 2. The number of benzene rings is 1. The number of nitrogens with one attached hydrogen (secondary N) is 1. The summed E-state index contributed by atoms with van der Waals surface area (Å²) in [7, 11) is 0. The second-order valence-corrected chi connectivity index (χ2v) is 4.31. The van der Waals surface area contributed by atoms with Crippen LogP contribution in [0, 0.1) is 5.82 Å². The van der Waals surface area contributed by atoms with Crippen LogP contribution in [-0.2, 0) is 4.79 Å². The summed E-state index contributed by atoms with van der Waals surface area (Å²) in [6.45, 7) is 1.91. The number of anilines is 1. The number of carbonyl (C=O) groups is 1. The van der Waals surface area contributed by atoms with Gasteiger partial charge < -0.3 is 10.4 Å². The molecule has 0 aromatic heterocycles. The van der Waals surface area contributed by atoms with E-state index >= 15 is 0 Å². The fourth-order valence-electron chi connectivity index (χ4n) is 1.33. The Hall–Kier alpha value is -1.10. The maximum absolute atomic E-state index is 13.0. The smallest absolute Gasteiger partial charge is 0.326 e. The molecule has 0 aliphatic carbocycles. The van der Waals surface area contributed by atoms with Crippen molar-refractivity contribution in [3.8, 4) is 0 Å². The highest BCUT2D eigenvalue weighted by molar-refractivity contribution is 9.10. The fourth-order valence-corrected chi connectivity index (χ4v) is 1.71. The number of rotatable bonds is 5. The van der Waals surface area contributed by atoms with Crippen LogP contribution in [0.25, 0.3) is 0 Å². The zero-order chi connectivity index (χ0) is 12.1. The van der Waals surface area contributed by atoms with Crippen LogP contribution < -0.4 is 5.32 Å². The van der Waals surface area contributed by atoms with Gasteiger partial charge in [-0.3, -0.25) is 0 Å². The molecule has 88 valence electrons. The molecule has 16 heavy (non-hydrogen) atoms. The zero-order valence-electron chi connectivity index (χ0n) is 8.84. The van der Waals surface area contributed by atoms with Crippen LogP contribution in [0.2, 0.25) is 0 Å². The lowest BCUT2D eigenvalue weighted by Gasteiger charge is -2.15. The minimum absolute atomic E-state index is 0.318. The second-order valence-electron chi connectivity index (χ2n) is 3.45. The molecule has 2 N–H and O–H groups in total. The van der Waals surface area contributed by atoms with Crippen molar-refractivity contribution in [1.82, 2.24) is 0 Å². The standard InChI is InChI=1S/C11H13BrFNO2/c1-2-3-10(11(15)16)14-7-4-5-9(13)8(12)6-7/h4-6,10,14H,2-3H2,1H3,(H,15,16). The lowest BCUT2D eigenvalue weighted by atomic mass is 10.1. The number of aliphatic carboxylic acids is 1. The van der Waals surface area contributed by atoms with Gasteiger partial charge in [0.15, 0.2) is 0 Å². The Morgan fingerprint density at radius 1 is 1.62 bits per heavy atom. The first-order valence-electron chi connectivity index (χ1n) is 4.99. The van der Waals surface area contributed by atoms with E-state index in [1.807, 2.05) is 6.92 Å². The molecule has 5 heteroatoms. The average molecular weight is 290 g/mol. The van der Waals surface area contributed by atoms with Crippen LogP contribution in [0.15, 0.2) is 22.7 Å². The molecule has 1 atom stereocenters. The van der Waals surface area contributed by atoms with E-state index in [1.165, 1.54) is 18.2 Å². The molecule has 1 aromatic rings. The van der Waals surface area contributed by atoms with Gasteiger partial charge in [0.2, 0.25) is 0 Å². The Bertz CT molecular complexity index is 384. The maximum Gasteiger partial charge on any atom is 0.326 e. The van der Waals surface area contributed by atoms with Crippen LogP contribution >= 0.6 is 15.9 Å². The average Bonchev–Trinajstić information content (AvgIpc) is 2.22. The van der Waals surface area contributed by atoms with Gasteiger partial charge in [-0.1, -0.05) is 13.3 Å². The highest BCUT2D eigenvalue weighted by Crippen LogP contribution is 2.21. The first kappa shape index (κ1) is 13.0. The van der Waals surface area contributed by atoms with E-state index in [4.69, 9.17) is 5.11 Å². The third kappa shape index (κ3) is 3.48. The first-order valence-corrected chi connectivity index (χ1v) is 5.78. The Labute approximate surface area is 102 Å². The lowest BCUT2D eigenvalue weighted by molar-refractivity contribution is -0.138.